The van der Waals surface area contributed by atoms with Crippen LogP contribution in [0.3, 0.4) is 0 Å². The lowest BCUT2D eigenvalue weighted by atomic mass is 9.96. The predicted molar refractivity (Wildman–Crippen MR) is 111 cm³/mol. The van der Waals surface area contributed by atoms with E-state index in [0.29, 0.717) is 29.6 Å². The third-order valence-corrected chi connectivity index (χ3v) is 5.27. The fourth-order valence-corrected chi connectivity index (χ4v) is 3.76. The first-order valence-corrected chi connectivity index (χ1v) is 9.55. The lowest BCUT2D eigenvalue weighted by molar-refractivity contribution is -0.132. The molecule has 0 aliphatic carbocycles. The van der Waals surface area contributed by atoms with Gasteiger partial charge < -0.3 is 9.72 Å². The summed E-state index contributed by atoms with van der Waals surface area (Å²) >= 11 is 0. The van der Waals surface area contributed by atoms with E-state index < -0.39 is 0 Å². The van der Waals surface area contributed by atoms with E-state index in [9.17, 15) is 9.59 Å². The molecule has 1 N–H and O–H groups in total. The molecule has 1 amide bonds. The maximum absolute atomic E-state index is 12.8. The van der Waals surface area contributed by atoms with Crippen LogP contribution in [0.15, 0.2) is 52.5 Å². The van der Waals surface area contributed by atoms with E-state index in [2.05, 4.69) is 15.1 Å². The summed E-state index contributed by atoms with van der Waals surface area (Å²) in [5.74, 6) is 0.656. The van der Waals surface area contributed by atoms with Crippen LogP contribution >= 0.6 is 0 Å². The Hall–Kier alpha value is -3.48. The summed E-state index contributed by atoms with van der Waals surface area (Å²) in [5, 5.41) is 6.08. The standard InChI is InChI=1S/C22H22N4O3/c1-4-19(27)26-18(14-7-9-15(29-3)10-8-14)12-17(25-26)20-13(2)21-16(24-22(20)28)6-5-11-23-21/h5-11,18H,4,12H2,1-3H3,(H,24,28). The van der Waals surface area contributed by atoms with Crippen molar-refractivity contribution < 1.29 is 9.53 Å². The number of aromatic nitrogens is 2. The number of ether oxygens (including phenoxy) is 1. The second-order valence-electron chi connectivity index (χ2n) is 6.99. The number of hydrazone groups is 1. The average molecular weight is 390 g/mol. The summed E-state index contributed by atoms with van der Waals surface area (Å²) in [6, 6.07) is 10.9. The normalized spacial score (nSPS) is 16.2. The van der Waals surface area contributed by atoms with Gasteiger partial charge in [0.25, 0.3) is 5.56 Å². The number of H-pyrrole nitrogens is 1. The van der Waals surface area contributed by atoms with E-state index in [-0.39, 0.29) is 17.5 Å². The smallest absolute Gasteiger partial charge is 0.257 e. The summed E-state index contributed by atoms with van der Waals surface area (Å²) in [6.45, 7) is 3.67. The number of nitrogens with zero attached hydrogens (tertiary/aromatic N) is 3. The number of hydrogen-bond donors (Lipinski definition) is 1. The van der Waals surface area contributed by atoms with Crippen molar-refractivity contribution in [3.8, 4) is 5.75 Å². The van der Waals surface area contributed by atoms with E-state index in [1.807, 2.05) is 37.3 Å². The highest BCUT2D eigenvalue weighted by Gasteiger charge is 2.34. The maximum atomic E-state index is 12.8. The summed E-state index contributed by atoms with van der Waals surface area (Å²) in [6.07, 6.45) is 2.49. The van der Waals surface area contributed by atoms with E-state index >= 15 is 0 Å². The molecule has 4 rings (SSSR count). The van der Waals surface area contributed by atoms with Crippen molar-refractivity contribution in [1.82, 2.24) is 15.0 Å². The number of methoxy groups -OCH3 is 1. The molecule has 1 aliphatic heterocycles. The topological polar surface area (TPSA) is 87.7 Å². The second kappa shape index (κ2) is 7.50. The van der Waals surface area contributed by atoms with Gasteiger partial charge in [0, 0.05) is 19.0 Å². The molecule has 1 aromatic carbocycles. The Labute approximate surface area is 168 Å². The third-order valence-electron chi connectivity index (χ3n) is 5.27. The van der Waals surface area contributed by atoms with Gasteiger partial charge in [0.05, 0.1) is 35.5 Å². The lowest BCUT2D eigenvalue weighted by Crippen LogP contribution is -2.26. The Balaban J connectivity index is 1.79. The Morgan fingerprint density at radius 2 is 2.03 bits per heavy atom. The van der Waals surface area contributed by atoms with Gasteiger partial charge in [-0.05, 0) is 42.3 Å². The SMILES string of the molecule is CCC(=O)N1N=C(c2c(C)c3ncccc3[nH]c2=O)CC1c1ccc(OC)cc1. The van der Waals surface area contributed by atoms with Crippen LogP contribution in [0.2, 0.25) is 0 Å². The molecule has 0 bridgehead atoms. The van der Waals surface area contributed by atoms with Crippen molar-refractivity contribution in [2.24, 2.45) is 5.10 Å². The number of aryl methyl sites for hydroxylation is 1. The molecule has 1 atom stereocenters. The molecule has 0 fully saturated rings. The van der Waals surface area contributed by atoms with E-state index in [4.69, 9.17) is 4.74 Å². The first-order valence-electron chi connectivity index (χ1n) is 9.55. The fraction of sp³-hybridized carbons (Fsp3) is 0.273. The van der Waals surface area contributed by atoms with Gasteiger partial charge in [0.1, 0.15) is 5.75 Å². The molecule has 0 spiro atoms. The van der Waals surface area contributed by atoms with Crippen LogP contribution in [0, 0.1) is 6.92 Å². The lowest BCUT2D eigenvalue weighted by Gasteiger charge is -2.21. The van der Waals surface area contributed by atoms with Crippen LogP contribution in [0.4, 0.5) is 0 Å². The van der Waals surface area contributed by atoms with Crippen LogP contribution in [-0.2, 0) is 4.79 Å². The summed E-state index contributed by atoms with van der Waals surface area (Å²) in [7, 11) is 1.61. The molecular formula is C22H22N4O3. The van der Waals surface area contributed by atoms with Crippen LogP contribution in [0.5, 0.6) is 5.75 Å². The number of nitrogens with one attached hydrogen (secondary N) is 1. The number of benzene rings is 1. The largest absolute Gasteiger partial charge is 0.497 e. The molecule has 3 heterocycles. The van der Waals surface area contributed by atoms with Gasteiger partial charge in [-0.2, -0.15) is 5.10 Å². The van der Waals surface area contributed by atoms with Crippen LogP contribution in [0.1, 0.15) is 42.5 Å². The number of aromatic amines is 1. The molecular weight excluding hydrogens is 368 g/mol. The van der Waals surface area contributed by atoms with Crippen LogP contribution in [-0.4, -0.2) is 33.7 Å². The van der Waals surface area contributed by atoms with Gasteiger partial charge in [0.15, 0.2) is 0 Å². The van der Waals surface area contributed by atoms with Crippen LogP contribution in [0.25, 0.3) is 11.0 Å². The minimum Gasteiger partial charge on any atom is -0.497 e. The van der Waals surface area contributed by atoms with Crippen molar-refractivity contribution in [3.05, 3.63) is 69.6 Å². The highest BCUT2D eigenvalue weighted by molar-refractivity contribution is 6.06. The van der Waals surface area contributed by atoms with Gasteiger partial charge in [-0.3, -0.25) is 14.6 Å². The third kappa shape index (κ3) is 3.29. The first-order chi connectivity index (χ1) is 14.0. The molecule has 3 aromatic rings. The van der Waals surface area contributed by atoms with Crippen molar-refractivity contribution in [2.75, 3.05) is 7.11 Å². The van der Waals surface area contributed by atoms with Gasteiger partial charge in [-0.1, -0.05) is 19.1 Å². The Bertz CT molecular complexity index is 1160. The maximum Gasteiger partial charge on any atom is 0.257 e. The van der Waals surface area contributed by atoms with Crippen LogP contribution < -0.4 is 10.3 Å². The number of hydrogen-bond acceptors (Lipinski definition) is 5. The molecule has 0 radical (unpaired) electrons. The quantitative estimate of drug-likeness (QED) is 0.740. The monoisotopic (exact) mass is 390 g/mol. The summed E-state index contributed by atoms with van der Waals surface area (Å²) < 4.78 is 5.23. The van der Waals surface area contributed by atoms with Crippen molar-refractivity contribution in [2.45, 2.75) is 32.7 Å². The zero-order valence-corrected chi connectivity index (χ0v) is 16.6. The Morgan fingerprint density at radius 1 is 1.28 bits per heavy atom. The highest BCUT2D eigenvalue weighted by atomic mass is 16.5. The Kier molecular flexibility index (Phi) is 4.88. The van der Waals surface area contributed by atoms with E-state index in [1.165, 1.54) is 5.01 Å². The van der Waals surface area contributed by atoms with Gasteiger partial charge in [-0.15, -0.1) is 0 Å². The van der Waals surface area contributed by atoms with Gasteiger partial charge >= 0.3 is 0 Å². The molecule has 148 valence electrons. The summed E-state index contributed by atoms with van der Waals surface area (Å²) in [5.41, 5.74) is 3.99. The number of carbonyl (C=O) groups is 1. The number of rotatable bonds is 4. The molecule has 1 unspecified atom stereocenters. The molecule has 0 saturated carbocycles. The zero-order valence-electron chi connectivity index (χ0n) is 16.6. The molecule has 2 aromatic heterocycles. The molecule has 7 nitrogen and oxygen atoms in total. The van der Waals surface area contributed by atoms with E-state index in [1.54, 1.807) is 26.3 Å². The number of amides is 1. The molecule has 29 heavy (non-hydrogen) atoms. The van der Waals surface area contributed by atoms with Crippen molar-refractivity contribution >= 4 is 22.7 Å². The fourth-order valence-electron chi connectivity index (χ4n) is 3.76. The number of fused-ring (bicyclic) bond motifs is 1. The Morgan fingerprint density at radius 3 is 2.72 bits per heavy atom. The van der Waals surface area contributed by atoms with Crippen molar-refractivity contribution in [1.29, 1.82) is 0 Å². The summed E-state index contributed by atoms with van der Waals surface area (Å²) in [4.78, 5) is 32.7. The average Bonchev–Trinajstić information content (AvgIpc) is 3.18. The molecule has 1 aliphatic rings. The van der Waals surface area contributed by atoms with E-state index in [0.717, 1.165) is 22.4 Å². The number of pyridine rings is 2. The first kappa shape index (κ1) is 18.9. The van der Waals surface area contributed by atoms with Gasteiger partial charge in [-0.25, -0.2) is 5.01 Å². The minimum atomic E-state index is -0.262. The second-order valence-corrected chi connectivity index (χ2v) is 6.99. The van der Waals surface area contributed by atoms with Gasteiger partial charge in [0.2, 0.25) is 5.91 Å². The van der Waals surface area contributed by atoms with Crippen molar-refractivity contribution in [3.63, 3.8) is 0 Å². The zero-order chi connectivity index (χ0) is 20.5. The minimum absolute atomic E-state index is 0.0891. The molecule has 7 heteroatoms. The molecule has 0 saturated heterocycles. The number of carbonyl (C=O) groups excluding carboxylic acids is 1. The predicted octanol–water partition coefficient (Wildman–Crippen LogP) is 3.33. The highest BCUT2D eigenvalue weighted by Crippen LogP contribution is 2.34.